The van der Waals surface area contributed by atoms with Gasteiger partial charge < -0.3 is 0 Å². The van der Waals surface area contributed by atoms with Crippen molar-refractivity contribution in [3.05, 3.63) is 0 Å². The average Bonchev–Trinajstić information content (AvgIpc) is 0.722. The van der Waals surface area contributed by atoms with E-state index < -0.39 is 9.20 Å². The van der Waals surface area contributed by atoms with Gasteiger partial charge >= 0.3 is 51.0 Å². The summed E-state index contributed by atoms with van der Waals surface area (Å²) in [5.74, 6) is 0. The van der Waals surface area contributed by atoms with Gasteiger partial charge in [-0.05, 0) is 0 Å². The minimum atomic E-state index is -2.61. The molecule has 0 aromatic carbocycles. The fraction of sp³-hybridized carbons (Fsp3) is 0. The molecule has 0 nitrogen and oxygen atoms in total. The van der Waals surface area contributed by atoms with E-state index in [-0.39, 0.29) is 1.43 Å². The maximum absolute atomic E-state index is 4.95. The SMILES string of the molecule is [Cl][Fe]([Cl])([Cl])[Cl].[H+]. The van der Waals surface area contributed by atoms with Crippen molar-refractivity contribution in [3.8, 4) is 0 Å². The molecule has 0 saturated carbocycles. The molecular formula is HCl4Fe+. The smallest absolute Gasteiger partial charge is 1.00 e. The van der Waals surface area contributed by atoms with Gasteiger partial charge in [0.15, 0.2) is 0 Å². The van der Waals surface area contributed by atoms with Crippen LogP contribution in [-0.4, -0.2) is 0 Å². The van der Waals surface area contributed by atoms with Gasteiger partial charge in [0.1, 0.15) is 0 Å². The Kier molecular flexibility index (Phi) is 2.82. The third-order valence-electron chi connectivity index (χ3n) is 0. The molecule has 0 bridgehead atoms. The van der Waals surface area contributed by atoms with Gasteiger partial charge in [-0.3, -0.25) is 0 Å². The second-order valence-corrected chi connectivity index (χ2v) is 11.2. The third kappa shape index (κ3) is 27.3. The Bertz CT molecular complexity index is 23.0. The summed E-state index contributed by atoms with van der Waals surface area (Å²) in [6.45, 7) is 0. The van der Waals surface area contributed by atoms with Gasteiger partial charge in [-0.1, -0.05) is 0 Å². The summed E-state index contributed by atoms with van der Waals surface area (Å²) in [5, 5.41) is 0. The zero-order chi connectivity index (χ0) is 4.50. The number of hydrogen-bond acceptors (Lipinski definition) is 0. The van der Waals surface area contributed by atoms with Crippen LogP contribution in [0.5, 0.6) is 0 Å². The van der Waals surface area contributed by atoms with E-state index >= 15 is 0 Å². The van der Waals surface area contributed by atoms with E-state index in [0.29, 0.717) is 0 Å². The maximum Gasteiger partial charge on any atom is 1.00 e. The van der Waals surface area contributed by atoms with Gasteiger partial charge in [-0.15, -0.1) is 0 Å². The Balaban J connectivity index is 0. The molecule has 0 N–H and O–H groups in total. The molecule has 0 heterocycles. The first-order chi connectivity index (χ1) is 2.00. The molecule has 0 radical (unpaired) electrons. The average molecular weight is 199 g/mol. The summed E-state index contributed by atoms with van der Waals surface area (Å²) in [5.41, 5.74) is 0. The van der Waals surface area contributed by atoms with Crippen LogP contribution in [0, 0.1) is 0 Å². The molecule has 36 valence electrons. The molecule has 0 aromatic rings. The van der Waals surface area contributed by atoms with Crippen LogP contribution in [-0.2, 0) is 9.20 Å². The first-order valence-corrected chi connectivity index (χ1v) is 6.61. The predicted molar refractivity (Wildman–Crippen MR) is 24.5 cm³/mol. The van der Waals surface area contributed by atoms with Crippen molar-refractivity contribution in [1.82, 2.24) is 0 Å². The summed E-state index contributed by atoms with van der Waals surface area (Å²) in [4.78, 5) is 0. The van der Waals surface area contributed by atoms with Gasteiger partial charge in [-0.2, -0.15) is 0 Å². The van der Waals surface area contributed by atoms with Crippen molar-refractivity contribution in [1.29, 1.82) is 0 Å². The molecule has 0 rings (SSSR count). The zero-order valence-electron chi connectivity index (χ0n) is 2.87. The van der Waals surface area contributed by atoms with Gasteiger partial charge in [-0.25, -0.2) is 0 Å². The van der Waals surface area contributed by atoms with Gasteiger partial charge in [0.05, 0.1) is 0 Å². The Morgan fingerprint density at radius 1 is 1.00 bits per heavy atom. The van der Waals surface area contributed by atoms with Crippen molar-refractivity contribution in [2.75, 3.05) is 0 Å². The van der Waals surface area contributed by atoms with E-state index in [0.717, 1.165) is 0 Å². The minimum Gasteiger partial charge on any atom is 1.00 e. The molecular weight excluding hydrogens is 198 g/mol. The quantitative estimate of drug-likeness (QED) is 0.525. The molecule has 0 atom stereocenters. The van der Waals surface area contributed by atoms with E-state index in [9.17, 15) is 0 Å². The maximum atomic E-state index is 4.95. The Morgan fingerprint density at radius 2 is 1.00 bits per heavy atom. The normalized spacial score (nSPS) is 15.2. The van der Waals surface area contributed by atoms with Crippen LogP contribution < -0.4 is 0 Å². The van der Waals surface area contributed by atoms with Crippen molar-refractivity contribution in [3.63, 3.8) is 0 Å². The van der Waals surface area contributed by atoms with Gasteiger partial charge in [0.2, 0.25) is 0 Å². The Labute approximate surface area is 51.0 Å². The first kappa shape index (κ1) is 6.68. The monoisotopic (exact) mass is 197 g/mol. The molecule has 0 aliphatic rings. The summed E-state index contributed by atoms with van der Waals surface area (Å²) < 4.78 is 0. The van der Waals surface area contributed by atoms with Crippen molar-refractivity contribution in [2.24, 2.45) is 0 Å². The fourth-order valence-electron chi connectivity index (χ4n) is 0. The number of rotatable bonds is 0. The molecule has 0 aliphatic heterocycles. The molecule has 5 heteroatoms. The summed E-state index contributed by atoms with van der Waals surface area (Å²) in [7, 11) is 17.2. The zero-order valence-corrected chi connectivity index (χ0v) is 5.99. The molecule has 5 heavy (non-hydrogen) atoms. The van der Waals surface area contributed by atoms with Crippen molar-refractivity contribution < 1.29 is 10.6 Å². The van der Waals surface area contributed by atoms with Gasteiger partial charge in [0.25, 0.3) is 0 Å². The van der Waals surface area contributed by atoms with Crippen LogP contribution in [0.25, 0.3) is 0 Å². The molecule has 0 spiro atoms. The Morgan fingerprint density at radius 3 is 1.00 bits per heavy atom. The fourth-order valence-corrected chi connectivity index (χ4v) is 0. The summed E-state index contributed by atoms with van der Waals surface area (Å²) in [6, 6.07) is 0. The predicted octanol–water partition coefficient (Wildman–Crippen LogP) is 2.87. The van der Waals surface area contributed by atoms with E-state index in [1.165, 1.54) is 0 Å². The van der Waals surface area contributed by atoms with Gasteiger partial charge in [0, 0.05) is 0 Å². The molecule has 0 amide bonds. The van der Waals surface area contributed by atoms with Crippen LogP contribution in [0.4, 0.5) is 0 Å². The van der Waals surface area contributed by atoms with Crippen LogP contribution in [0.3, 0.4) is 0 Å². The molecule has 0 fully saturated rings. The molecule has 0 aromatic heterocycles. The van der Waals surface area contributed by atoms with Crippen LogP contribution in [0.1, 0.15) is 1.43 Å². The number of halogens is 4. The Hall–Kier alpha value is 1.68. The molecule has 0 unspecified atom stereocenters. The first-order valence-electron chi connectivity index (χ1n) is 0.535. The third-order valence-corrected chi connectivity index (χ3v) is 0. The largest absolute Gasteiger partial charge is 1.00 e. The summed E-state index contributed by atoms with van der Waals surface area (Å²) >= 11 is 0. The second kappa shape index (κ2) is 2.11. The van der Waals surface area contributed by atoms with E-state index in [2.05, 4.69) is 0 Å². The number of hydrogen-bond donors (Lipinski definition) is 0. The standard InChI is InChI=1S/4ClH.Fe/h4*1H;/q;;;;+4/p-3. The summed E-state index contributed by atoms with van der Waals surface area (Å²) in [6.07, 6.45) is 0. The van der Waals surface area contributed by atoms with E-state index in [4.69, 9.17) is 40.4 Å². The van der Waals surface area contributed by atoms with Crippen LogP contribution >= 0.6 is 40.4 Å². The minimum absolute atomic E-state index is 0. The van der Waals surface area contributed by atoms with Crippen molar-refractivity contribution in [2.45, 2.75) is 0 Å². The van der Waals surface area contributed by atoms with E-state index in [1.807, 2.05) is 0 Å². The van der Waals surface area contributed by atoms with Crippen LogP contribution in [0.15, 0.2) is 0 Å². The van der Waals surface area contributed by atoms with Crippen LogP contribution in [0.2, 0.25) is 0 Å². The molecule has 0 aliphatic carbocycles. The van der Waals surface area contributed by atoms with Crippen molar-refractivity contribution >= 4 is 40.4 Å². The van der Waals surface area contributed by atoms with E-state index in [1.54, 1.807) is 0 Å². The topological polar surface area (TPSA) is 0 Å². The molecule has 0 saturated heterocycles. The second-order valence-electron chi connectivity index (χ2n) is 0.303.